The van der Waals surface area contributed by atoms with Crippen LogP contribution in [0.15, 0.2) is 69.0 Å². The highest BCUT2D eigenvalue weighted by molar-refractivity contribution is 9.10. The van der Waals surface area contributed by atoms with Crippen LogP contribution in [0.4, 0.5) is 0 Å². The van der Waals surface area contributed by atoms with Crippen molar-refractivity contribution in [2.75, 3.05) is 0 Å². The predicted octanol–water partition coefficient (Wildman–Crippen LogP) is 4.34. The van der Waals surface area contributed by atoms with E-state index in [2.05, 4.69) is 31.9 Å². The zero-order chi connectivity index (χ0) is 17.6. The van der Waals surface area contributed by atoms with Crippen LogP contribution in [0.2, 0.25) is 0 Å². The number of carbonyl (C=O) groups excluding carboxylic acids is 1. The van der Waals surface area contributed by atoms with E-state index < -0.39 is 15.9 Å². The normalized spacial score (nSPS) is 11.9. The number of hydrogen-bond acceptors (Lipinski definition) is 3. The van der Waals surface area contributed by atoms with Crippen molar-refractivity contribution in [3.63, 3.8) is 0 Å². The predicted molar refractivity (Wildman–Crippen MR) is 103 cm³/mol. The molecule has 0 aliphatic carbocycles. The van der Waals surface area contributed by atoms with Crippen LogP contribution in [0.5, 0.6) is 0 Å². The molecule has 0 saturated carbocycles. The second kappa shape index (κ2) is 8.41. The Balaban J connectivity index is 1.98. The van der Waals surface area contributed by atoms with Crippen LogP contribution in [0.3, 0.4) is 0 Å². The van der Waals surface area contributed by atoms with Crippen LogP contribution in [0, 0.1) is 0 Å². The van der Waals surface area contributed by atoms with Gasteiger partial charge in [-0.15, -0.1) is 0 Å². The molecule has 0 atom stereocenters. The molecule has 2 aromatic carbocycles. The molecule has 0 fully saturated rings. The summed E-state index contributed by atoms with van der Waals surface area (Å²) in [6.07, 6.45) is 4.13. The van der Waals surface area contributed by atoms with Crippen molar-refractivity contribution in [3.8, 4) is 0 Å². The number of halogens is 2. The van der Waals surface area contributed by atoms with Crippen LogP contribution in [-0.2, 0) is 14.8 Å². The minimum Gasteiger partial charge on any atom is -0.269 e. The lowest BCUT2D eigenvalue weighted by Gasteiger charge is -2.00. The summed E-state index contributed by atoms with van der Waals surface area (Å²) in [5.74, 6) is -0.710. The second-order valence-electron chi connectivity index (χ2n) is 4.75. The van der Waals surface area contributed by atoms with Crippen molar-refractivity contribution in [1.82, 2.24) is 4.72 Å². The first-order chi connectivity index (χ1) is 11.3. The van der Waals surface area contributed by atoms with Gasteiger partial charge < -0.3 is 0 Å². The van der Waals surface area contributed by atoms with Crippen LogP contribution in [0.25, 0.3) is 12.2 Å². The molecule has 0 aliphatic heterocycles. The zero-order valence-electron chi connectivity index (χ0n) is 12.3. The van der Waals surface area contributed by atoms with Crippen LogP contribution in [-0.4, -0.2) is 14.3 Å². The van der Waals surface area contributed by atoms with Gasteiger partial charge in [0.25, 0.3) is 15.9 Å². The smallest absolute Gasteiger partial charge is 0.257 e. The molecule has 0 bridgehead atoms. The van der Waals surface area contributed by atoms with Gasteiger partial charge in [-0.05, 0) is 47.5 Å². The average Bonchev–Trinajstić information content (AvgIpc) is 2.53. The summed E-state index contributed by atoms with van der Waals surface area (Å²) in [6, 6.07) is 14.4. The number of rotatable bonds is 5. The van der Waals surface area contributed by atoms with Crippen molar-refractivity contribution in [1.29, 1.82) is 0 Å². The standard InChI is InChI=1S/C17H13Br2NO3S/c18-15-6-1-13(2-7-15)5-10-17(21)20-24(22,23)12-11-14-3-8-16(19)9-4-14/h1-12H,(H,20,21)/b10-5+,12-11+. The SMILES string of the molecule is O=C(/C=C/c1ccc(Br)cc1)NS(=O)(=O)/C=C/c1ccc(Br)cc1. The number of hydrogen-bond donors (Lipinski definition) is 1. The Kier molecular flexibility index (Phi) is 6.53. The van der Waals surface area contributed by atoms with Gasteiger partial charge in [-0.1, -0.05) is 56.1 Å². The minimum absolute atomic E-state index is 0.710. The average molecular weight is 471 g/mol. The largest absolute Gasteiger partial charge is 0.269 e. The molecule has 0 aliphatic rings. The van der Waals surface area contributed by atoms with E-state index in [-0.39, 0.29) is 0 Å². The number of sulfonamides is 1. The zero-order valence-corrected chi connectivity index (χ0v) is 16.3. The number of benzene rings is 2. The molecule has 0 unspecified atom stereocenters. The van der Waals surface area contributed by atoms with Crippen molar-refractivity contribution < 1.29 is 13.2 Å². The number of carbonyl (C=O) groups is 1. The van der Waals surface area contributed by atoms with Crippen LogP contribution < -0.4 is 4.72 Å². The van der Waals surface area contributed by atoms with Gasteiger partial charge in [0.15, 0.2) is 0 Å². The highest BCUT2D eigenvalue weighted by atomic mass is 79.9. The number of amides is 1. The molecule has 0 aromatic heterocycles. The second-order valence-corrected chi connectivity index (χ2v) is 8.15. The molecule has 7 heteroatoms. The highest BCUT2D eigenvalue weighted by Gasteiger charge is 2.08. The third-order valence-electron chi connectivity index (χ3n) is 2.85. The van der Waals surface area contributed by atoms with Gasteiger partial charge in [0.1, 0.15) is 0 Å². The monoisotopic (exact) mass is 469 g/mol. The van der Waals surface area contributed by atoms with E-state index in [4.69, 9.17) is 0 Å². The Hall–Kier alpha value is -1.70. The van der Waals surface area contributed by atoms with Gasteiger partial charge in [-0.2, -0.15) is 0 Å². The third-order valence-corrected chi connectivity index (χ3v) is 4.89. The molecule has 2 aromatic rings. The van der Waals surface area contributed by atoms with E-state index >= 15 is 0 Å². The van der Waals surface area contributed by atoms with Crippen molar-refractivity contribution >= 4 is 59.9 Å². The molecule has 1 N–H and O–H groups in total. The topological polar surface area (TPSA) is 63.2 Å². The first-order valence-electron chi connectivity index (χ1n) is 6.78. The van der Waals surface area contributed by atoms with E-state index in [0.717, 1.165) is 19.9 Å². The fourth-order valence-electron chi connectivity index (χ4n) is 1.70. The Bertz CT molecular complexity index is 871. The molecule has 0 saturated heterocycles. The lowest BCUT2D eigenvalue weighted by Crippen LogP contribution is -2.26. The summed E-state index contributed by atoms with van der Waals surface area (Å²) in [6.45, 7) is 0. The maximum atomic E-state index is 11.9. The molecule has 0 heterocycles. The van der Waals surface area contributed by atoms with Crippen LogP contribution >= 0.6 is 31.9 Å². The quantitative estimate of drug-likeness (QED) is 0.661. The van der Waals surface area contributed by atoms with E-state index in [1.54, 1.807) is 36.4 Å². The van der Waals surface area contributed by atoms with Gasteiger partial charge >= 0.3 is 0 Å². The summed E-state index contributed by atoms with van der Waals surface area (Å²) in [5.41, 5.74) is 1.50. The molecule has 124 valence electrons. The molecule has 0 radical (unpaired) electrons. The Morgan fingerprint density at radius 2 is 1.29 bits per heavy atom. The Morgan fingerprint density at radius 1 is 0.833 bits per heavy atom. The van der Waals surface area contributed by atoms with Crippen LogP contribution in [0.1, 0.15) is 11.1 Å². The summed E-state index contributed by atoms with van der Waals surface area (Å²) in [5, 5.41) is 0.960. The highest BCUT2D eigenvalue weighted by Crippen LogP contribution is 2.12. The van der Waals surface area contributed by atoms with Gasteiger partial charge in [-0.3, -0.25) is 4.79 Å². The molecule has 24 heavy (non-hydrogen) atoms. The molecule has 0 spiro atoms. The van der Waals surface area contributed by atoms with E-state index in [1.807, 2.05) is 16.9 Å². The summed E-state index contributed by atoms with van der Waals surface area (Å²) in [7, 11) is -3.85. The first kappa shape index (κ1) is 18.6. The van der Waals surface area contributed by atoms with Gasteiger partial charge in [-0.25, -0.2) is 13.1 Å². The lowest BCUT2D eigenvalue weighted by atomic mass is 10.2. The molecular weight excluding hydrogens is 458 g/mol. The van der Waals surface area contributed by atoms with Crippen molar-refractivity contribution in [2.45, 2.75) is 0 Å². The van der Waals surface area contributed by atoms with E-state index in [9.17, 15) is 13.2 Å². The van der Waals surface area contributed by atoms with E-state index in [0.29, 0.717) is 5.56 Å². The molecule has 4 nitrogen and oxygen atoms in total. The molecule has 2 rings (SSSR count). The summed E-state index contributed by atoms with van der Waals surface area (Å²) < 4.78 is 27.5. The van der Waals surface area contributed by atoms with Gasteiger partial charge in [0.2, 0.25) is 0 Å². The van der Waals surface area contributed by atoms with Gasteiger partial charge in [0.05, 0.1) is 5.41 Å². The summed E-state index contributed by atoms with van der Waals surface area (Å²) in [4.78, 5) is 11.7. The summed E-state index contributed by atoms with van der Waals surface area (Å²) >= 11 is 6.61. The lowest BCUT2D eigenvalue weighted by molar-refractivity contribution is -0.114. The van der Waals surface area contributed by atoms with Gasteiger partial charge in [0, 0.05) is 15.0 Å². The first-order valence-corrected chi connectivity index (χ1v) is 9.91. The Labute approximate surface area is 157 Å². The van der Waals surface area contributed by atoms with Crippen molar-refractivity contribution in [3.05, 3.63) is 80.1 Å². The minimum atomic E-state index is -3.85. The molecular formula is C17H13Br2NO3S. The maximum Gasteiger partial charge on any atom is 0.257 e. The molecule has 1 amide bonds. The number of nitrogens with one attached hydrogen (secondary N) is 1. The third kappa shape index (κ3) is 6.43. The fraction of sp³-hybridized carbons (Fsp3) is 0. The Morgan fingerprint density at radius 3 is 1.79 bits per heavy atom. The van der Waals surface area contributed by atoms with Crippen molar-refractivity contribution in [2.24, 2.45) is 0 Å². The maximum absolute atomic E-state index is 11.9. The van der Waals surface area contributed by atoms with E-state index in [1.165, 1.54) is 18.2 Å². The fourth-order valence-corrected chi connectivity index (χ4v) is 2.98.